The predicted octanol–water partition coefficient (Wildman–Crippen LogP) is 11.5. The first kappa shape index (κ1) is 26.9. The van der Waals surface area contributed by atoms with E-state index in [-0.39, 0.29) is 0 Å². The molecule has 0 amide bonds. The molecule has 51 heavy (non-hydrogen) atoms. The number of imidazole rings is 2. The topological polar surface area (TPSA) is 23.6 Å². The first-order chi connectivity index (χ1) is 25.3. The Balaban J connectivity index is 1.14. The molecule has 0 saturated carbocycles. The maximum absolute atomic E-state index is 2.43. The van der Waals surface area contributed by atoms with Gasteiger partial charge in [-0.15, -0.1) is 0 Å². The minimum Gasteiger partial charge on any atom is -0.309 e. The number of aromatic nitrogens is 5. The van der Waals surface area contributed by atoms with Crippen LogP contribution in [0.15, 0.2) is 176 Å². The van der Waals surface area contributed by atoms with Gasteiger partial charge in [-0.25, -0.2) is 0 Å². The lowest BCUT2D eigenvalue weighted by Crippen LogP contribution is -1.98. The highest BCUT2D eigenvalue weighted by Crippen LogP contribution is 2.39. The lowest BCUT2D eigenvalue weighted by Gasteiger charge is -2.11. The first-order valence-electron chi connectivity index (χ1n) is 17.5. The van der Waals surface area contributed by atoms with E-state index in [4.69, 9.17) is 0 Å². The van der Waals surface area contributed by atoms with Crippen molar-refractivity contribution in [2.24, 2.45) is 0 Å². The van der Waals surface area contributed by atoms with Crippen LogP contribution in [0.4, 0.5) is 0 Å². The molecule has 238 valence electrons. The summed E-state index contributed by atoms with van der Waals surface area (Å²) in [6, 6.07) is 64.0. The van der Waals surface area contributed by atoms with Gasteiger partial charge in [-0.1, -0.05) is 91.0 Å². The monoisotopic (exact) mass is 651 g/mol. The van der Waals surface area contributed by atoms with Crippen LogP contribution in [-0.2, 0) is 0 Å². The fourth-order valence-electron chi connectivity index (χ4n) is 8.80. The summed E-state index contributed by atoms with van der Waals surface area (Å²) in [5.41, 5.74) is 15.3. The molecule has 0 aliphatic rings. The van der Waals surface area contributed by atoms with Gasteiger partial charge in [0.2, 0.25) is 0 Å². The van der Waals surface area contributed by atoms with E-state index in [0.717, 1.165) is 22.7 Å². The van der Waals surface area contributed by atoms with Crippen LogP contribution < -0.4 is 0 Å². The fraction of sp³-hybridized carbons (Fsp3) is 0. The summed E-state index contributed by atoms with van der Waals surface area (Å²) in [5.74, 6) is 0. The average Bonchev–Trinajstić information content (AvgIpc) is 3.97. The molecular weight excluding hydrogens is 623 g/mol. The van der Waals surface area contributed by atoms with E-state index in [1.165, 1.54) is 71.4 Å². The van der Waals surface area contributed by atoms with E-state index in [1.54, 1.807) is 0 Å². The van der Waals surface area contributed by atoms with Crippen LogP contribution in [0.5, 0.6) is 0 Å². The van der Waals surface area contributed by atoms with Crippen LogP contribution in [0.1, 0.15) is 0 Å². The molecule has 5 heterocycles. The maximum atomic E-state index is 2.43. The van der Waals surface area contributed by atoms with E-state index in [1.807, 2.05) is 0 Å². The fourth-order valence-corrected chi connectivity index (χ4v) is 8.80. The molecule has 0 N–H and O–H groups in total. The second-order valence-electron chi connectivity index (χ2n) is 13.5. The Morgan fingerprint density at radius 1 is 0.275 bits per heavy atom. The molecule has 0 atom stereocenters. The van der Waals surface area contributed by atoms with Gasteiger partial charge < -0.3 is 4.57 Å². The Kier molecular flexibility index (Phi) is 5.17. The molecule has 0 fully saturated rings. The van der Waals surface area contributed by atoms with Crippen LogP contribution in [0, 0.1) is 0 Å². The van der Waals surface area contributed by atoms with E-state index in [2.05, 4.69) is 198 Å². The standard InChI is InChI=1S/C46H29N5/c1-4-18-36-30(13-1)27-45-47(41-21-7-9-23-43(41)50(36)45)31-14-11-15-32(28-31)48-42-22-8-10-24-44(42)51-40-26-12-25-39(35(40)29-46(48)51)49-37-19-5-2-16-33(37)34-17-3-6-20-38(34)49/h1-29H. The van der Waals surface area contributed by atoms with Crippen LogP contribution in [-0.4, -0.2) is 22.5 Å². The minimum absolute atomic E-state index is 1.12. The zero-order chi connectivity index (χ0) is 33.2. The second kappa shape index (κ2) is 9.80. The van der Waals surface area contributed by atoms with Crippen molar-refractivity contribution in [2.75, 3.05) is 0 Å². The van der Waals surface area contributed by atoms with Crippen molar-refractivity contribution in [2.45, 2.75) is 0 Å². The van der Waals surface area contributed by atoms with Crippen molar-refractivity contribution in [3.8, 4) is 17.1 Å². The summed E-state index contributed by atoms with van der Waals surface area (Å²) in [4.78, 5) is 0. The number of hydrogen-bond donors (Lipinski definition) is 0. The molecule has 7 aromatic carbocycles. The van der Waals surface area contributed by atoms with Crippen molar-refractivity contribution < 1.29 is 0 Å². The minimum atomic E-state index is 1.12. The van der Waals surface area contributed by atoms with Crippen LogP contribution in [0.25, 0.3) is 94.0 Å². The summed E-state index contributed by atoms with van der Waals surface area (Å²) in [6.45, 7) is 0. The largest absolute Gasteiger partial charge is 0.309 e. The maximum Gasteiger partial charge on any atom is 0.123 e. The molecule has 0 aliphatic heterocycles. The first-order valence-corrected chi connectivity index (χ1v) is 17.5. The Morgan fingerprint density at radius 2 is 0.745 bits per heavy atom. The Labute approximate surface area is 291 Å². The van der Waals surface area contributed by atoms with Gasteiger partial charge in [0, 0.05) is 32.9 Å². The van der Waals surface area contributed by atoms with Crippen LogP contribution >= 0.6 is 0 Å². The van der Waals surface area contributed by atoms with Crippen LogP contribution in [0.2, 0.25) is 0 Å². The lowest BCUT2D eigenvalue weighted by atomic mass is 10.2. The molecule has 5 heteroatoms. The normalized spacial score (nSPS) is 12.3. The van der Waals surface area contributed by atoms with Gasteiger partial charge in [-0.05, 0) is 84.9 Å². The molecule has 0 saturated heterocycles. The van der Waals surface area contributed by atoms with Crippen molar-refractivity contribution in [3.05, 3.63) is 176 Å². The quantitative estimate of drug-likeness (QED) is 0.182. The third kappa shape index (κ3) is 3.49. The van der Waals surface area contributed by atoms with Gasteiger partial charge in [0.15, 0.2) is 0 Å². The van der Waals surface area contributed by atoms with Gasteiger partial charge in [-0.3, -0.25) is 17.9 Å². The molecular formula is C46H29N5. The highest BCUT2D eigenvalue weighted by molar-refractivity contribution is 6.11. The Bertz CT molecular complexity index is 3320. The summed E-state index contributed by atoms with van der Waals surface area (Å²) >= 11 is 0. The highest BCUT2D eigenvalue weighted by Gasteiger charge is 2.21. The number of rotatable bonds is 3. The molecule has 12 rings (SSSR count). The summed E-state index contributed by atoms with van der Waals surface area (Å²) < 4.78 is 12.1. The van der Waals surface area contributed by atoms with E-state index in [9.17, 15) is 0 Å². The Hall–Kier alpha value is -6.98. The van der Waals surface area contributed by atoms with Gasteiger partial charge in [0.1, 0.15) is 11.3 Å². The molecule has 5 aromatic heterocycles. The predicted molar refractivity (Wildman–Crippen MR) is 211 cm³/mol. The van der Waals surface area contributed by atoms with Crippen LogP contribution in [0.3, 0.4) is 0 Å². The summed E-state index contributed by atoms with van der Waals surface area (Å²) in [6.07, 6.45) is 0. The summed E-state index contributed by atoms with van der Waals surface area (Å²) in [7, 11) is 0. The van der Waals surface area contributed by atoms with Crippen molar-refractivity contribution in [1.29, 1.82) is 0 Å². The molecule has 0 bridgehead atoms. The summed E-state index contributed by atoms with van der Waals surface area (Å²) in [5, 5.41) is 4.99. The van der Waals surface area contributed by atoms with E-state index >= 15 is 0 Å². The zero-order valence-corrected chi connectivity index (χ0v) is 27.5. The van der Waals surface area contributed by atoms with Crippen molar-refractivity contribution in [1.82, 2.24) is 22.5 Å². The van der Waals surface area contributed by atoms with E-state index < -0.39 is 0 Å². The average molecular weight is 652 g/mol. The third-order valence-corrected chi connectivity index (χ3v) is 10.8. The molecule has 5 nitrogen and oxygen atoms in total. The third-order valence-electron chi connectivity index (χ3n) is 10.8. The molecule has 0 spiro atoms. The SMILES string of the molecule is c1cc(-n2c3ccccc3n3c4ccccc4cc23)cc(-n2c3ccccc3n3c4cccc(-n5c6ccccc6c6ccccc65)c4cc23)c1. The van der Waals surface area contributed by atoms with Gasteiger partial charge in [0.25, 0.3) is 0 Å². The molecule has 0 unspecified atom stereocenters. The number of benzene rings is 7. The smallest absolute Gasteiger partial charge is 0.123 e. The molecule has 0 aliphatic carbocycles. The van der Waals surface area contributed by atoms with Crippen molar-refractivity contribution >= 4 is 77.0 Å². The van der Waals surface area contributed by atoms with Gasteiger partial charge in [-0.2, -0.15) is 0 Å². The van der Waals surface area contributed by atoms with Crippen molar-refractivity contribution in [3.63, 3.8) is 0 Å². The number of fused-ring (bicyclic) bond motifs is 13. The van der Waals surface area contributed by atoms with Gasteiger partial charge in [0.05, 0.1) is 49.8 Å². The second-order valence-corrected chi connectivity index (χ2v) is 13.5. The van der Waals surface area contributed by atoms with E-state index in [0.29, 0.717) is 0 Å². The molecule has 0 radical (unpaired) electrons. The molecule has 12 aromatic rings. The number of hydrogen-bond acceptors (Lipinski definition) is 0. The lowest BCUT2D eigenvalue weighted by molar-refractivity contribution is 1.11. The number of para-hydroxylation sites is 7. The van der Waals surface area contributed by atoms with Gasteiger partial charge >= 0.3 is 0 Å². The number of nitrogens with zero attached hydrogens (tertiary/aromatic N) is 5. The highest BCUT2D eigenvalue weighted by atomic mass is 15.2. The Morgan fingerprint density at radius 3 is 1.39 bits per heavy atom. The zero-order valence-electron chi connectivity index (χ0n) is 27.5.